The maximum atomic E-state index is 11.0. The van der Waals surface area contributed by atoms with Crippen LogP contribution in [0.25, 0.3) is 0 Å². The van der Waals surface area contributed by atoms with E-state index in [0.29, 0.717) is 5.56 Å². The molecule has 1 fully saturated rings. The van der Waals surface area contributed by atoms with Crippen LogP contribution in [0.1, 0.15) is 17.2 Å². The summed E-state index contributed by atoms with van der Waals surface area (Å²) in [5.74, 6) is 0. The molecule has 0 aromatic heterocycles. The van der Waals surface area contributed by atoms with E-state index < -0.39 is 0 Å². The summed E-state index contributed by atoms with van der Waals surface area (Å²) >= 11 is 0. The molecule has 1 saturated heterocycles. The van der Waals surface area contributed by atoms with Gasteiger partial charge in [-0.2, -0.15) is 0 Å². The zero-order valence-electron chi connectivity index (χ0n) is 11.4. The standard InChI is InChI=1S/C13H19N3O3.ClH/c1-10-2-3-11(8-12(10)16(18)19)13(9-17)15-6-4-14-5-7-15;/h2-3,8,13-14,17H,4-7,9H2,1H3;1H/t13-;/m0./s1. The molecule has 6 nitrogen and oxygen atoms in total. The SMILES string of the molecule is Cc1ccc([C@H](CO)N2CCNCC2)cc1[N+](=O)[O-].Cl. The molecule has 1 aliphatic heterocycles. The number of hydrogen-bond acceptors (Lipinski definition) is 5. The zero-order chi connectivity index (χ0) is 13.8. The Balaban J connectivity index is 0.00000200. The predicted octanol–water partition coefficient (Wildman–Crippen LogP) is 1.26. The van der Waals surface area contributed by atoms with Crippen LogP contribution in [0.5, 0.6) is 0 Å². The van der Waals surface area contributed by atoms with Crippen LogP contribution in [0, 0.1) is 17.0 Å². The van der Waals surface area contributed by atoms with Crippen LogP contribution < -0.4 is 5.32 Å². The molecule has 1 atom stereocenters. The molecule has 0 saturated carbocycles. The van der Waals surface area contributed by atoms with Crippen molar-refractivity contribution in [2.24, 2.45) is 0 Å². The third-order valence-electron chi connectivity index (χ3n) is 3.58. The lowest BCUT2D eigenvalue weighted by atomic mass is 10.0. The fourth-order valence-electron chi connectivity index (χ4n) is 2.46. The van der Waals surface area contributed by atoms with Crippen molar-refractivity contribution < 1.29 is 10.0 Å². The van der Waals surface area contributed by atoms with Crippen molar-refractivity contribution in [1.82, 2.24) is 10.2 Å². The molecule has 20 heavy (non-hydrogen) atoms. The van der Waals surface area contributed by atoms with Crippen LogP contribution in [0.15, 0.2) is 18.2 Å². The molecular weight excluding hydrogens is 282 g/mol. The Hall–Kier alpha value is -1.21. The van der Waals surface area contributed by atoms with Crippen molar-refractivity contribution in [3.63, 3.8) is 0 Å². The second-order valence-corrected chi connectivity index (χ2v) is 4.79. The molecule has 0 radical (unpaired) electrons. The third-order valence-corrected chi connectivity index (χ3v) is 3.58. The number of hydrogen-bond donors (Lipinski definition) is 2. The first-order valence-corrected chi connectivity index (χ1v) is 6.44. The third kappa shape index (κ3) is 3.67. The first kappa shape index (κ1) is 16.8. The number of nitro groups is 1. The fourth-order valence-corrected chi connectivity index (χ4v) is 2.46. The summed E-state index contributed by atoms with van der Waals surface area (Å²) in [4.78, 5) is 12.8. The smallest absolute Gasteiger partial charge is 0.272 e. The highest BCUT2D eigenvalue weighted by molar-refractivity contribution is 5.85. The molecule has 0 unspecified atom stereocenters. The van der Waals surface area contributed by atoms with Gasteiger partial charge in [-0.3, -0.25) is 15.0 Å². The fraction of sp³-hybridized carbons (Fsp3) is 0.538. The number of halogens is 1. The van der Waals surface area contributed by atoms with Crippen LogP contribution >= 0.6 is 12.4 Å². The van der Waals surface area contributed by atoms with Gasteiger partial charge in [0.05, 0.1) is 17.6 Å². The van der Waals surface area contributed by atoms with Crippen LogP contribution in [-0.4, -0.2) is 47.7 Å². The summed E-state index contributed by atoms with van der Waals surface area (Å²) in [7, 11) is 0. The predicted molar refractivity (Wildman–Crippen MR) is 79.4 cm³/mol. The van der Waals surface area contributed by atoms with Crippen LogP contribution in [0.2, 0.25) is 0 Å². The first-order valence-electron chi connectivity index (χ1n) is 6.44. The molecule has 1 aromatic carbocycles. The number of aliphatic hydroxyl groups excluding tert-OH is 1. The topological polar surface area (TPSA) is 78.6 Å². The van der Waals surface area contributed by atoms with Gasteiger partial charge in [0.25, 0.3) is 5.69 Å². The normalized spacial score (nSPS) is 17.3. The molecule has 1 aliphatic rings. The van der Waals surface area contributed by atoms with Gasteiger partial charge >= 0.3 is 0 Å². The second-order valence-electron chi connectivity index (χ2n) is 4.79. The average Bonchev–Trinajstić information content (AvgIpc) is 2.42. The summed E-state index contributed by atoms with van der Waals surface area (Å²) in [6.07, 6.45) is 0. The molecule has 0 aliphatic carbocycles. The Morgan fingerprint density at radius 2 is 2.10 bits per heavy atom. The molecule has 0 amide bonds. The van der Waals surface area contributed by atoms with Crippen molar-refractivity contribution in [1.29, 1.82) is 0 Å². The van der Waals surface area contributed by atoms with E-state index >= 15 is 0 Å². The molecule has 7 heteroatoms. The van der Waals surface area contributed by atoms with Gasteiger partial charge < -0.3 is 10.4 Å². The Kier molecular flexibility index (Phi) is 6.35. The van der Waals surface area contributed by atoms with Gasteiger partial charge in [0, 0.05) is 37.8 Å². The molecule has 112 valence electrons. The minimum Gasteiger partial charge on any atom is -0.394 e. The number of aliphatic hydroxyl groups is 1. The van der Waals surface area contributed by atoms with Gasteiger partial charge in [-0.1, -0.05) is 12.1 Å². The summed E-state index contributed by atoms with van der Waals surface area (Å²) in [5, 5.41) is 23.8. The lowest BCUT2D eigenvalue weighted by Gasteiger charge is -2.34. The molecule has 2 rings (SSSR count). The number of rotatable bonds is 4. The molecule has 0 bridgehead atoms. The Morgan fingerprint density at radius 1 is 1.45 bits per heavy atom. The largest absolute Gasteiger partial charge is 0.394 e. The molecule has 2 N–H and O–H groups in total. The number of aryl methyl sites for hydroxylation is 1. The number of nitro benzene ring substituents is 1. The lowest BCUT2D eigenvalue weighted by molar-refractivity contribution is -0.385. The Bertz CT molecular complexity index is 464. The summed E-state index contributed by atoms with van der Waals surface area (Å²) in [6, 6.07) is 5.03. The summed E-state index contributed by atoms with van der Waals surface area (Å²) in [5.41, 5.74) is 1.57. The van der Waals surface area contributed by atoms with Crippen molar-refractivity contribution in [3.05, 3.63) is 39.4 Å². The van der Waals surface area contributed by atoms with Gasteiger partial charge in [-0.05, 0) is 12.5 Å². The Morgan fingerprint density at radius 3 is 2.65 bits per heavy atom. The van der Waals surface area contributed by atoms with E-state index in [1.54, 1.807) is 19.1 Å². The van der Waals surface area contributed by atoms with Crippen LogP contribution in [0.3, 0.4) is 0 Å². The first-order chi connectivity index (χ1) is 9.13. The van der Waals surface area contributed by atoms with Gasteiger partial charge in [0.1, 0.15) is 0 Å². The minimum atomic E-state index is -0.370. The van der Waals surface area contributed by atoms with E-state index in [9.17, 15) is 15.2 Å². The van der Waals surface area contributed by atoms with Crippen LogP contribution in [-0.2, 0) is 0 Å². The molecular formula is C13H20ClN3O3. The lowest BCUT2D eigenvalue weighted by Crippen LogP contribution is -2.46. The van der Waals surface area contributed by atoms with Crippen molar-refractivity contribution in [2.75, 3.05) is 32.8 Å². The van der Waals surface area contributed by atoms with E-state index in [1.807, 2.05) is 6.07 Å². The number of piperazine rings is 1. The maximum Gasteiger partial charge on any atom is 0.272 e. The van der Waals surface area contributed by atoms with E-state index in [2.05, 4.69) is 10.2 Å². The minimum absolute atomic E-state index is 0. The zero-order valence-corrected chi connectivity index (χ0v) is 12.2. The highest BCUT2D eigenvalue weighted by atomic mass is 35.5. The summed E-state index contributed by atoms with van der Waals surface area (Å²) < 4.78 is 0. The van der Waals surface area contributed by atoms with Gasteiger partial charge in [0.15, 0.2) is 0 Å². The van der Waals surface area contributed by atoms with E-state index in [1.165, 1.54) is 0 Å². The van der Waals surface area contributed by atoms with Gasteiger partial charge in [-0.15, -0.1) is 12.4 Å². The average molecular weight is 302 g/mol. The van der Waals surface area contributed by atoms with Gasteiger partial charge in [0.2, 0.25) is 0 Å². The highest BCUT2D eigenvalue weighted by Gasteiger charge is 2.23. The van der Waals surface area contributed by atoms with Gasteiger partial charge in [-0.25, -0.2) is 0 Å². The molecule has 1 aromatic rings. The summed E-state index contributed by atoms with van der Waals surface area (Å²) in [6.45, 7) is 5.13. The molecule has 1 heterocycles. The number of benzene rings is 1. The number of nitrogens with zero attached hydrogens (tertiary/aromatic N) is 2. The van der Waals surface area contributed by atoms with Crippen molar-refractivity contribution >= 4 is 18.1 Å². The van der Waals surface area contributed by atoms with Crippen LogP contribution in [0.4, 0.5) is 5.69 Å². The number of nitrogens with one attached hydrogen (secondary N) is 1. The van der Waals surface area contributed by atoms with E-state index in [-0.39, 0.29) is 35.7 Å². The van der Waals surface area contributed by atoms with Crippen molar-refractivity contribution in [2.45, 2.75) is 13.0 Å². The van der Waals surface area contributed by atoms with E-state index in [4.69, 9.17) is 0 Å². The monoisotopic (exact) mass is 301 g/mol. The second kappa shape index (κ2) is 7.54. The molecule has 0 spiro atoms. The quantitative estimate of drug-likeness (QED) is 0.647. The van der Waals surface area contributed by atoms with Crippen molar-refractivity contribution in [3.8, 4) is 0 Å². The Labute approximate surface area is 124 Å². The highest BCUT2D eigenvalue weighted by Crippen LogP contribution is 2.26. The maximum absolute atomic E-state index is 11.0. The van der Waals surface area contributed by atoms with E-state index in [0.717, 1.165) is 31.7 Å².